The average molecular weight is 408 g/mol. The Morgan fingerprint density at radius 2 is 2.00 bits per heavy atom. The summed E-state index contributed by atoms with van der Waals surface area (Å²) in [5.74, 6) is -2.82. The van der Waals surface area contributed by atoms with E-state index in [9.17, 15) is 18.8 Å². The standard InChI is InChI=1S/C21H26F2N2O4/c1-11(7-16(27)29-4)9-24-15(26)10-25-19-14(22)8-13(12-5-6-12)18(23)17(19)21(2,3)20(25)28/h8,11-12H,5-7,9-10H2,1-4H3,(H,24,26)/t11-/m1/s1. The summed E-state index contributed by atoms with van der Waals surface area (Å²) in [5.41, 5.74) is -1.08. The van der Waals surface area contributed by atoms with Gasteiger partial charge in [-0.25, -0.2) is 8.78 Å². The SMILES string of the molecule is COC(=O)C[C@@H](C)CNC(=O)CN1C(=O)C(C)(C)c2c(F)c(C3CC3)cc(F)c21. The second kappa shape index (κ2) is 7.72. The van der Waals surface area contributed by atoms with Crippen molar-refractivity contribution in [1.82, 2.24) is 5.32 Å². The van der Waals surface area contributed by atoms with Crippen LogP contribution in [0.5, 0.6) is 0 Å². The molecule has 6 nitrogen and oxygen atoms in total. The van der Waals surface area contributed by atoms with Crippen LogP contribution < -0.4 is 10.2 Å². The molecule has 1 aromatic rings. The lowest BCUT2D eigenvalue weighted by Gasteiger charge is -2.20. The van der Waals surface area contributed by atoms with Crippen LogP contribution in [-0.4, -0.2) is 38.0 Å². The summed E-state index contributed by atoms with van der Waals surface area (Å²) in [4.78, 5) is 37.6. The van der Waals surface area contributed by atoms with Crippen molar-refractivity contribution >= 4 is 23.5 Å². The van der Waals surface area contributed by atoms with E-state index < -0.39 is 35.4 Å². The number of halogens is 2. The Bertz CT molecular complexity index is 865. The quantitative estimate of drug-likeness (QED) is 0.704. The van der Waals surface area contributed by atoms with Gasteiger partial charge in [-0.3, -0.25) is 19.3 Å². The predicted molar refractivity (Wildman–Crippen MR) is 103 cm³/mol. The third-order valence-electron chi connectivity index (χ3n) is 5.60. The van der Waals surface area contributed by atoms with Crippen molar-refractivity contribution < 1.29 is 27.9 Å². The summed E-state index contributed by atoms with van der Waals surface area (Å²) in [5, 5.41) is 2.63. The van der Waals surface area contributed by atoms with Crippen LogP contribution in [0, 0.1) is 17.6 Å². The molecule has 0 saturated heterocycles. The van der Waals surface area contributed by atoms with Gasteiger partial charge < -0.3 is 10.1 Å². The third-order valence-corrected chi connectivity index (χ3v) is 5.60. The molecule has 2 amide bonds. The molecule has 1 fully saturated rings. The number of rotatable bonds is 7. The molecule has 0 aromatic heterocycles. The van der Waals surface area contributed by atoms with Crippen LogP contribution in [0.15, 0.2) is 6.07 Å². The highest BCUT2D eigenvalue weighted by Gasteiger charge is 2.49. The van der Waals surface area contributed by atoms with Crippen LogP contribution in [0.4, 0.5) is 14.5 Å². The van der Waals surface area contributed by atoms with Gasteiger partial charge in [-0.15, -0.1) is 0 Å². The molecule has 0 radical (unpaired) electrons. The minimum atomic E-state index is -1.26. The predicted octanol–water partition coefficient (Wildman–Crippen LogP) is 2.78. The normalized spacial score (nSPS) is 18.4. The van der Waals surface area contributed by atoms with Gasteiger partial charge in [0.25, 0.3) is 0 Å². The summed E-state index contributed by atoms with van der Waals surface area (Å²) in [7, 11) is 1.29. The Balaban J connectivity index is 1.78. The van der Waals surface area contributed by atoms with Gasteiger partial charge in [0.05, 0.1) is 18.2 Å². The average Bonchev–Trinajstić information content (AvgIpc) is 3.47. The van der Waals surface area contributed by atoms with Crippen LogP contribution in [-0.2, 0) is 24.5 Å². The van der Waals surface area contributed by atoms with E-state index in [0.29, 0.717) is 5.56 Å². The van der Waals surface area contributed by atoms with Gasteiger partial charge in [0.2, 0.25) is 11.8 Å². The molecule has 1 atom stereocenters. The number of methoxy groups -OCH3 is 1. The highest BCUT2D eigenvalue weighted by molar-refractivity contribution is 6.10. The van der Waals surface area contributed by atoms with Gasteiger partial charge >= 0.3 is 5.97 Å². The van der Waals surface area contributed by atoms with Gasteiger partial charge in [-0.1, -0.05) is 6.92 Å². The number of fused-ring (bicyclic) bond motifs is 1. The number of hydrogen-bond acceptors (Lipinski definition) is 4. The highest BCUT2D eigenvalue weighted by atomic mass is 19.1. The smallest absolute Gasteiger partial charge is 0.305 e. The maximum Gasteiger partial charge on any atom is 0.305 e. The van der Waals surface area contributed by atoms with Crippen molar-refractivity contribution in [3.63, 3.8) is 0 Å². The number of carbonyl (C=O) groups excluding carboxylic acids is 3. The molecular weight excluding hydrogens is 382 g/mol. The molecule has 8 heteroatoms. The Hall–Kier alpha value is -2.51. The fourth-order valence-electron chi connectivity index (χ4n) is 3.79. The first kappa shape index (κ1) is 21.2. The van der Waals surface area contributed by atoms with E-state index in [2.05, 4.69) is 10.1 Å². The Morgan fingerprint density at radius 1 is 1.34 bits per heavy atom. The fourth-order valence-corrected chi connectivity index (χ4v) is 3.79. The summed E-state index contributed by atoms with van der Waals surface area (Å²) in [6.45, 7) is 4.64. The van der Waals surface area contributed by atoms with E-state index in [1.54, 1.807) is 20.8 Å². The number of nitrogens with one attached hydrogen (secondary N) is 1. The first-order valence-corrected chi connectivity index (χ1v) is 9.75. The minimum Gasteiger partial charge on any atom is -0.469 e. The summed E-state index contributed by atoms with van der Waals surface area (Å²) >= 11 is 0. The van der Waals surface area contributed by atoms with Crippen LogP contribution in [0.2, 0.25) is 0 Å². The van der Waals surface area contributed by atoms with Gasteiger partial charge in [0.1, 0.15) is 18.2 Å². The van der Waals surface area contributed by atoms with E-state index in [0.717, 1.165) is 23.8 Å². The van der Waals surface area contributed by atoms with Gasteiger partial charge in [-0.05, 0) is 50.2 Å². The topological polar surface area (TPSA) is 75.7 Å². The first-order chi connectivity index (χ1) is 13.6. The lowest BCUT2D eigenvalue weighted by molar-refractivity contribution is -0.141. The molecule has 29 heavy (non-hydrogen) atoms. The van der Waals surface area contributed by atoms with Crippen LogP contribution in [0.3, 0.4) is 0 Å². The van der Waals surface area contributed by atoms with Crippen LogP contribution >= 0.6 is 0 Å². The van der Waals surface area contributed by atoms with E-state index in [4.69, 9.17) is 0 Å². The zero-order valence-corrected chi connectivity index (χ0v) is 17.1. The van der Waals surface area contributed by atoms with Crippen LogP contribution in [0.1, 0.15) is 57.1 Å². The third kappa shape index (κ3) is 3.97. The lowest BCUT2D eigenvalue weighted by atomic mass is 9.84. The molecular formula is C21H26F2N2O4. The van der Waals surface area contributed by atoms with Crippen LogP contribution in [0.25, 0.3) is 0 Å². The fraction of sp³-hybridized carbons (Fsp3) is 0.571. The summed E-state index contributed by atoms with van der Waals surface area (Å²) in [6.07, 6.45) is 1.75. The zero-order chi connectivity index (χ0) is 21.5. The number of nitrogens with zero attached hydrogens (tertiary/aromatic N) is 1. The Kier molecular flexibility index (Phi) is 5.65. The van der Waals surface area contributed by atoms with Crippen molar-refractivity contribution in [2.45, 2.75) is 51.4 Å². The molecule has 1 aliphatic carbocycles. The van der Waals surface area contributed by atoms with E-state index in [1.807, 2.05) is 0 Å². The summed E-state index contributed by atoms with van der Waals surface area (Å²) in [6, 6.07) is 1.16. The van der Waals surface area contributed by atoms with Gasteiger partial charge in [-0.2, -0.15) is 0 Å². The largest absolute Gasteiger partial charge is 0.469 e. The molecule has 1 N–H and O–H groups in total. The number of carbonyl (C=O) groups is 3. The summed E-state index contributed by atoms with van der Waals surface area (Å²) < 4.78 is 34.6. The van der Waals surface area contributed by atoms with E-state index >= 15 is 4.39 Å². The van der Waals surface area contributed by atoms with Crippen molar-refractivity contribution in [2.24, 2.45) is 5.92 Å². The molecule has 0 bridgehead atoms. The van der Waals surface area contributed by atoms with E-state index in [-0.39, 0.29) is 42.0 Å². The number of hydrogen-bond donors (Lipinski definition) is 1. The minimum absolute atomic E-state index is 0.00523. The highest BCUT2D eigenvalue weighted by Crippen LogP contribution is 2.50. The lowest BCUT2D eigenvalue weighted by Crippen LogP contribution is -2.43. The van der Waals surface area contributed by atoms with Crippen molar-refractivity contribution in [1.29, 1.82) is 0 Å². The monoisotopic (exact) mass is 408 g/mol. The van der Waals surface area contributed by atoms with Crippen molar-refractivity contribution in [2.75, 3.05) is 25.1 Å². The molecule has 1 heterocycles. The second-order valence-electron chi connectivity index (χ2n) is 8.47. The molecule has 1 aliphatic heterocycles. The first-order valence-electron chi connectivity index (χ1n) is 9.75. The Morgan fingerprint density at radius 3 is 2.59 bits per heavy atom. The second-order valence-corrected chi connectivity index (χ2v) is 8.47. The number of amides is 2. The molecule has 158 valence electrons. The maximum absolute atomic E-state index is 15.1. The van der Waals surface area contributed by atoms with E-state index in [1.165, 1.54) is 7.11 Å². The van der Waals surface area contributed by atoms with Gasteiger partial charge in [0.15, 0.2) is 0 Å². The zero-order valence-electron chi connectivity index (χ0n) is 17.1. The number of anilines is 1. The maximum atomic E-state index is 15.1. The number of ether oxygens (including phenoxy) is 1. The molecule has 1 saturated carbocycles. The molecule has 2 aliphatic rings. The molecule has 0 unspecified atom stereocenters. The molecule has 1 aromatic carbocycles. The molecule has 0 spiro atoms. The van der Waals surface area contributed by atoms with Gasteiger partial charge in [0, 0.05) is 18.5 Å². The molecule has 3 rings (SSSR count). The number of esters is 1. The number of benzene rings is 1. The van der Waals surface area contributed by atoms with Crippen molar-refractivity contribution in [3.05, 3.63) is 28.8 Å². The Labute approximate surface area is 168 Å². The van der Waals surface area contributed by atoms with Crippen molar-refractivity contribution in [3.8, 4) is 0 Å².